The van der Waals surface area contributed by atoms with E-state index in [0.29, 0.717) is 5.82 Å². The summed E-state index contributed by atoms with van der Waals surface area (Å²) in [6.07, 6.45) is 0. The Bertz CT molecular complexity index is 609. The van der Waals surface area contributed by atoms with Crippen LogP contribution in [0.5, 0.6) is 0 Å². The van der Waals surface area contributed by atoms with E-state index in [1.54, 1.807) is 6.07 Å². The number of nitrogens with two attached hydrogens (primary N) is 1. The van der Waals surface area contributed by atoms with Crippen molar-refractivity contribution in [1.29, 1.82) is 0 Å². The third-order valence-corrected chi connectivity index (χ3v) is 2.96. The van der Waals surface area contributed by atoms with Gasteiger partial charge in [-0.05, 0) is 36.1 Å². The van der Waals surface area contributed by atoms with Crippen LogP contribution >= 0.6 is 0 Å². The van der Waals surface area contributed by atoms with E-state index in [9.17, 15) is 8.78 Å². The lowest BCUT2D eigenvalue weighted by Gasteiger charge is -2.14. The van der Waals surface area contributed by atoms with E-state index in [4.69, 9.17) is 5.84 Å². The normalized spacial score (nSPS) is 11.3. The van der Waals surface area contributed by atoms with Crippen LogP contribution in [0, 0.1) is 18.6 Å². The number of aryl methyl sites for hydroxylation is 1. The number of benzene rings is 1. The molecule has 0 saturated heterocycles. The summed E-state index contributed by atoms with van der Waals surface area (Å²) in [4.78, 5) is 4.07. The summed E-state index contributed by atoms with van der Waals surface area (Å²) in [6, 6.07) is 2.74. The van der Waals surface area contributed by atoms with Gasteiger partial charge >= 0.3 is 0 Å². The van der Waals surface area contributed by atoms with Gasteiger partial charge in [0.25, 0.3) is 0 Å². The number of rotatable bonds is 2. The fourth-order valence-electron chi connectivity index (χ4n) is 1.97. The van der Waals surface area contributed by atoms with Crippen LogP contribution in [-0.4, -0.2) is 4.98 Å². The largest absolute Gasteiger partial charge is 0.308 e. The van der Waals surface area contributed by atoms with Gasteiger partial charge in [0.1, 0.15) is 23.0 Å². The molecule has 3 N–H and O–H groups in total. The van der Waals surface area contributed by atoms with E-state index in [0.717, 1.165) is 11.6 Å². The number of anilines is 1. The van der Waals surface area contributed by atoms with Crippen molar-refractivity contribution >= 4 is 16.7 Å². The minimum absolute atomic E-state index is 0.00421. The topological polar surface area (TPSA) is 50.9 Å². The highest BCUT2D eigenvalue weighted by Gasteiger charge is 2.16. The minimum Gasteiger partial charge on any atom is -0.308 e. The van der Waals surface area contributed by atoms with Gasteiger partial charge in [0, 0.05) is 5.39 Å². The van der Waals surface area contributed by atoms with Crippen molar-refractivity contribution in [3.05, 3.63) is 34.9 Å². The Balaban J connectivity index is 2.87. The maximum absolute atomic E-state index is 14.0. The van der Waals surface area contributed by atoms with Crippen molar-refractivity contribution in [1.82, 2.24) is 4.98 Å². The van der Waals surface area contributed by atoms with Gasteiger partial charge in [-0.15, -0.1) is 0 Å². The summed E-state index contributed by atoms with van der Waals surface area (Å²) < 4.78 is 27.8. The Morgan fingerprint density at radius 3 is 2.50 bits per heavy atom. The van der Waals surface area contributed by atoms with Gasteiger partial charge in [0.05, 0.1) is 0 Å². The Labute approximate surface area is 104 Å². The molecule has 1 aromatic carbocycles. The number of aromatic nitrogens is 1. The second-order valence-corrected chi connectivity index (χ2v) is 4.61. The molecule has 0 radical (unpaired) electrons. The van der Waals surface area contributed by atoms with Crippen LogP contribution in [-0.2, 0) is 0 Å². The first-order chi connectivity index (χ1) is 8.45. The molecule has 0 fully saturated rings. The number of hydrogen-bond acceptors (Lipinski definition) is 3. The summed E-state index contributed by atoms with van der Waals surface area (Å²) in [5.74, 6) is 4.86. The van der Waals surface area contributed by atoms with Gasteiger partial charge in [-0.3, -0.25) is 0 Å². The second kappa shape index (κ2) is 4.49. The maximum Gasteiger partial charge on any atom is 0.149 e. The smallest absolute Gasteiger partial charge is 0.149 e. The summed E-state index contributed by atoms with van der Waals surface area (Å²) in [6.45, 7) is 5.41. The lowest BCUT2D eigenvalue weighted by molar-refractivity contribution is 0.607. The van der Waals surface area contributed by atoms with Gasteiger partial charge in [-0.2, -0.15) is 0 Å². The Hall–Kier alpha value is -1.75. The number of nitrogen functional groups attached to an aromatic ring is 1. The standard InChI is InChI=1S/C13H15F2N3/c1-6(2)8-5-9-11(15)7(3)4-10(14)12(9)17-13(8)18-16/h4-6H,16H2,1-3H3,(H,17,18). The van der Waals surface area contributed by atoms with Crippen LogP contribution in [0.25, 0.3) is 10.9 Å². The molecule has 0 amide bonds. The SMILES string of the molecule is Cc1cc(F)c2nc(NN)c(C(C)C)cc2c1F. The zero-order valence-electron chi connectivity index (χ0n) is 10.5. The molecular formula is C13H15F2N3. The zero-order chi connectivity index (χ0) is 13.4. The molecule has 18 heavy (non-hydrogen) atoms. The van der Waals surface area contributed by atoms with Crippen LogP contribution in [0.15, 0.2) is 12.1 Å². The molecule has 0 unspecified atom stereocenters. The molecule has 0 atom stereocenters. The third kappa shape index (κ3) is 1.90. The third-order valence-electron chi connectivity index (χ3n) is 2.96. The average Bonchev–Trinajstić information content (AvgIpc) is 2.34. The predicted octanol–water partition coefficient (Wildman–Crippen LogP) is 3.23. The molecule has 96 valence electrons. The van der Waals surface area contributed by atoms with Gasteiger partial charge in [-0.1, -0.05) is 13.8 Å². The van der Waals surface area contributed by atoms with Crippen molar-refractivity contribution in [2.75, 3.05) is 5.43 Å². The van der Waals surface area contributed by atoms with Crippen LogP contribution in [0.3, 0.4) is 0 Å². The Kier molecular flexibility index (Phi) is 3.17. The first-order valence-electron chi connectivity index (χ1n) is 5.71. The Morgan fingerprint density at radius 2 is 1.94 bits per heavy atom. The Morgan fingerprint density at radius 1 is 1.28 bits per heavy atom. The van der Waals surface area contributed by atoms with Gasteiger partial charge in [0.15, 0.2) is 0 Å². The molecule has 1 heterocycles. The zero-order valence-corrected chi connectivity index (χ0v) is 10.5. The molecule has 0 spiro atoms. The quantitative estimate of drug-likeness (QED) is 0.636. The fraction of sp³-hybridized carbons (Fsp3) is 0.308. The van der Waals surface area contributed by atoms with Crippen LogP contribution < -0.4 is 11.3 Å². The lowest BCUT2D eigenvalue weighted by Crippen LogP contribution is -2.12. The summed E-state index contributed by atoms with van der Waals surface area (Å²) in [5.41, 5.74) is 3.45. The van der Waals surface area contributed by atoms with Crippen molar-refractivity contribution in [2.24, 2.45) is 5.84 Å². The molecule has 1 aromatic heterocycles. The van der Waals surface area contributed by atoms with E-state index in [1.807, 2.05) is 13.8 Å². The number of fused-ring (bicyclic) bond motifs is 1. The molecule has 0 aliphatic carbocycles. The first kappa shape index (κ1) is 12.7. The lowest BCUT2D eigenvalue weighted by atomic mass is 10.0. The fourth-order valence-corrected chi connectivity index (χ4v) is 1.97. The number of nitrogens with zero attached hydrogens (tertiary/aromatic N) is 1. The number of hydrogen-bond donors (Lipinski definition) is 2. The molecule has 2 aromatic rings. The molecule has 5 heteroatoms. The molecule has 3 nitrogen and oxygen atoms in total. The van der Waals surface area contributed by atoms with Gasteiger partial charge in [-0.25, -0.2) is 19.6 Å². The van der Waals surface area contributed by atoms with E-state index in [-0.39, 0.29) is 22.4 Å². The van der Waals surface area contributed by atoms with Crippen molar-refractivity contribution in [3.63, 3.8) is 0 Å². The number of halogens is 2. The molecular weight excluding hydrogens is 236 g/mol. The highest BCUT2D eigenvalue weighted by Crippen LogP contribution is 2.30. The summed E-state index contributed by atoms with van der Waals surface area (Å²) in [5, 5.41) is 0.190. The molecule has 0 bridgehead atoms. The van der Waals surface area contributed by atoms with Crippen LogP contribution in [0.1, 0.15) is 30.9 Å². The molecule has 2 rings (SSSR count). The first-order valence-corrected chi connectivity index (χ1v) is 5.71. The highest BCUT2D eigenvalue weighted by molar-refractivity contribution is 5.84. The summed E-state index contributed by atoms with van der Waals surface area (Å²) >= 11 is 0. The number of pyridine rings is 1. The number of nitrogens with one attached hydrogen (secondary N) is 1. The van der Waals surface area contributed by atoms with Crippen molar-refractivity contribution in [2.45, 2.75) is 26.7 Å². The highest BCUT2D eigenvalue weighted by atomic mass is 19.1. The van der Waals surface area contributed by atoms with Crippen LogP contribution in [0.2, 0.25) is 0 Å². The predicted molar refractivity (Wildman–Crippen MR) is 68.3 cm³/mol. The van der Waals surface area contributed by atoms with E-state index in [2.05, 4.69) is 10.4 Å². The number of hydrazine groups is 1. The van der Waals surface area contributed by atoms with Crippen LogP contribution in [0.4, 0.5) is 14.6 Å². The molecule has 0 aliphatic heterocycles. The van der Waals surface area contributed by atoms with Gasteiger partial charge < -0.3 is 5.43 Å². The second-order valence-electron chi connectivity index (χ2n) is 4.61. The average molecular weight is 251 g/mol. The maximum atomic E-state index is 14.0. The molecule has 0 saturated carbocycles. The van der Waals surface area contributed by atoms with Crippen molar-refractivity contribution < 1.29 is 8.78 Å². The monoisotopic (exact) mass is 251 g/mol. The molecule has 0 aliphatic rings. The van der Waals surface area contributed by atoms with E-state index in [1.165, 1.54) is 6.92 Å². The minimum atomic E-state index is -0.546. The van der Waals surface area contributed by atoms with E-state index < -0.39 is 11.6 Å². The van der Waals surface area contributed by atoms with Crippen molar-refractivity contribution in [3.8, 4) is 0 Å². The van der Waals surface area contributed by atoms with Gasteiger partial charge in [0.2, 0.25) is 0 Å². The summed E-state index contributed by atoms with van der Waals surface area (Å²) in [7, 11) is 0. The van der Waals surface area contributed by atoms with E-state index >= 15 is 0 Å².